The van der Waals surface area contributed by atoms with E-state index >= 15 is 0 Å². The van der Waals surface area contributed by atoms with Crippen LogP contribution in [-0.2, 0) is 5.75 Å². The van der Waals surface area contributed by atoms with E-state index in [0.717, 1.165) is 21.3 Å². The maximum atomic E-state index is 6.20. The lowest BCUT2D eigenvalue weighted by molar-refractivity contribution is 0.411. The lowest BCUT2D eigenvalue weighted by Gasteiger charge is -2.09. The van der Waals surface area contributed by atoms with Crippen LogP contribution in [0.2, 0.25) is 5.02 Å². The van der Waals surface area contributed by atoms with Gasteiger partial charge in [0.25, 0.3) is 0 Å². The Morgan fingerprint density at radius 3 is 2.79 bits per heavy atom. The molecule has 3 rings (SSSR count). The molecule has 2 aromatic carbocycles. The summed E-state index contributed by atoms with van der Waals surface area (Å²) in [6.45, 7) is 0. The summed E-state index contributed by atoms with van der Waals surface area (Å²) in [7, 11) is 1.65. The number of halogens is 2. The van der Waals surface area contributed by atoms with Gasteiger partial charge in [-0.3, -0.25) is 0 Å². The number of thioether (sulfide) groups is 1. The molecular formula is C16H14BrClN4OS. The van der Waals surface area contributed by atoms with Crippen molar-refractivity contribution in [3.05, 3.63) is 57.5 Å². The first kappa shape index (κ1) is 17.1. The molecule has 0 saturated carbocycles. The van der Waals surface area contributed by atoms with E-state index in [1.165, 1.54) is 16.4 Å². The molecule has 8 heteroatoms. The summed E-state index contributed by atoms with van der Waals surface area (Å²) in [4.78, 5) is 0. The zero-order valence-corrected chi connectivity index (χ0v) is 15.9. The van der Waals surface area contributed by atoms with Crippen LogP contribution < -0.4 is 10.6 Å². The first-order valence-electron chi connectivity index (χ1n) is 7.00. The molecule has 0 aliphatic carbocycles. The fraction of sp³-hybridized carbons (Fsp3) is 0.125. The molecule has 5 nitrogen and oxygen atoms in total. The Kier molecular flexibility index (Phi) is 5.33. The molecule has 0 atom stereocenters. The molecule has 1 aromatic heterocycles. The summed E-state index contributed by atoms with van der Waals surface area (Å²) in [5.41, 5.74) is 1.79. The number of ether oxygens (including phenoxy) is 1. The lowest BCUT2D eigenvalue weighted by atomic mass is 10.2. The highest BCUT2D eigenvalue weighted by atomic mass is 79.9. The van der Waals surface area contributed by atoms with E-state index in [9.17, 15) is 0 Å². The van der Waals surface area contributed by atoms with Crippen LogP contribution in [0.3, 0.4) is 0 Å². The standard InChI is InChI=1S/C16H14BrClN4OS/c1-23-14-7-6-11(17)8-10(14)9-24-16-21-20-15(22(16)19)12-4-2-3-5-13(12)18/h2-8H,9,19H2,1H3. The molecule has 3 aromatic rings. The van der Waals surface area contributed by atoms with Crippen LogP contribution in [0.5, 0.6) is 5.75 Å². The predicted molar refractivity (Wildman–Crippen MR) is 101 cm³/mol. The van der Waals surface area contributed by atoms with Gasteiger partial charge < -0.3 is 10.6 Å². The molecule has 0 aliphatic heterocycles. The van der Waals surface area contributed by atoms with Crippen molar-refractivity contribution in [1.82, 2.24) is 14.9 Å². The second-order valence-electron chi connectivity index (χ2n) is 4.90. The lowest BCUT2D eigenvalue weighted by Crippen LogP contribution is -2.11. The van der Waals surface area contributed by atoms with Crippen LogP contribution in [0.4, 0.5) is 0 Å². The highest BCUT2D eigenvalue weighted by Crippen LogP contribution is 2.31. The minimum Gasteiger partial charge on any atom is -0.496 e. The van der Waals surface area contributed by atoms with Crippen molar-refractivity contribution in [3.8, 4) is 17.1 Å². The van der Waals surface area contributed by atoms with Crippen molar-refractivity contribution in [2.24, 2.45) is 0 Å². The van der Waals surface area contributed by atoms with Gasteiger partial charge in [-0.1, -0.05) is 51.4 Å². The number of nitrogen functional groups attached to an aromatic ring is 1. The fourth-order valence-electron chi connectivity index (χ4n) is 2.20. The van der Waals surface area contributed by atoms with Crippen molar-refractivity contribution >= 4 is 39.3 Å². The first-order valence-corrected chi connectivity index (χ1v) is 9.16. The smallest absolute Gasteiger partial charge is 0.210 e. The number of benzene rings is 2. The van der Waals surface area contributed by atoms with Gasteiger partial charge in [0.05, 0.1) is 12.1 Å². The third-order valence-corrected chi connectivity index (χ3v) is 5.19. The largest absolute Gasteiger partial charge is 0.496 e. The van der Waals surface area contributed by atoms with Crippen LogP contribution in [-0.4, -0.2) is 22.0 Å². The van der Waals surface area contributed by atoms with Crippen molar-refractivity contribution < 1.29 is 4.74 Å². The molecule has 124 valence electrons. The third kappa shape index (κ3) is 3.53. The second-order valence-corrected chi connectivity index (χ2v) is 7.17. The fourth-order valence-corrected chi connectivity index (χ4v) is 3.67. The van der Waals surface area contributed by atoms with E-state index in [1.54, 1.807) is 13.2 Å². The van der Waals surface area contributed by atoms with Gasteiger partial charge in [-0.2, -0.15) is 0 Å². The summed E-state index contributed by atoms with van der Waals surface area (Å²) < 4.78 is 7.83. The molecule has 24 heavy (non-hydrogen) atoms. The molecular weight excluding hydrogens is 412 g/mol. The molecule has 1 heterocycles. The Bertz CT molecular complexity index is 871. The monoisotopic (exact) mass is 424 g/mol. The van der Waals surface area contributed by atoms with Gasteiger partial charge in [-0.15, -0.1) is 10.2 Å². The topological polar surface area (TPSA) is 66.0 Å². The maximum absolute atomic E-state index is 6.20. The van der Waals surface area contributed by atoms with E-state index in [0.29, 0.717) is 21.8 Å². The molecule has 0 fully saturated rings. The average molecular weight is 426 g/mol. The van der Waals surface area contributed by atoms with Crippen LogP contribution in [0.1, 0.15) is 5.56 Å². The van der Waals surface area contributed by atoms with Crippen molar-refractivity contribution in [2.45, 2.75) is 10.9 Å². The van der Waals surface area contributed by atoms with Gasteiger partial charge in [-0.25, -0.2) is 4.68 Å². The number of rotatable bonds is 5. The third-order valence-electron chi connectivity index (χ3n) is 3.38. The molecule has 0 saturated heterocycles. The van der Waals surface area contributed by atoms with E-state index < -0.39 is 0 Å². The van der Waals surface area contributed by atoms with Crippen LogP contribution >= 0.6 is 39.3 Å². The molecule has 0 bridgehead atoms. The molecule has 0 aliphatic rings. The zero-order chi connectivity index (χ0) is 17.1. The summed E-state index contributed by atoms with van der Waals surface area (Å²) in [6.07, 6.45) is 0. The number of nitrogens with zero attached hydrogens (tertiary/aromatic N) is 3. The summed E-state index contributed by atoms with van der Waals surface area (Å²) >= 11 is 11.2. The van der Waals surface area contributed by atoms with Gasteiger partial charge in [0.1, 0.15) is 5.75 Å². The van der Waals surface area contributed by atoms with E-state index in [-0.39, 0.29) is 0 Å². The Labute approximate surface area is 157 Å². The van der Waals surface area contributed by atoms with E-state index in [2.05, 4.69) is 26.1 Å². The van der Waals surface area contributed by atoms with E-state index in [4.69, 9.17) is 22.2 Å². The van der Waals surface area contributed by atoms with E-state index in [1.807, 2.05) is 36.4 Å². The summed E-state index contributed by atoms with van der Waals surface area (Å²) in [6, 6.07) is 13.3. The summed E-state index contributed by atoms with van der Waals surface area (Å²) in [5.74, 6) is 8.15. The minimum absolute atomic E-state index is 0.532. The first-order chi connectivity index (χ1) is 11.6. The van der Waals surface area contributed by atoms with Gasteiger partial charge in [0.2, 0.25) is 5.16 Å². The van der Waals surface area contributed by atoms with Gasteiger partial charge in [-0.05, 0) is 30.3 Å². The quantitative estimate of drug-likeness (QED) is 0.485. The Morgan fingerprint density at radius 2 is 2.04 bits per heavy atom. The Balaban J connectivity index is 1.83. The zero-order valence-electron chi connectivity index (χ0n) is 12.7. The van der Waals surface area contributed by atoms with Crippen LogP contribution in [0.25, 0.3) is 11.4 Å². The number of nitrogens with two attached hydrogens (primary N) is 1. The SMILES string of the molecule is COc1ccc(Br)cc1CSc1nnc(-c2ccccc2Cl)n1N. The van der Waals surface area contributed by atoms with Crippen LogP contribution in [0.15, 0.2) is 52.1 Å². The van der Waals surface area contributed by atoms with Gasteiger partial charge in [0, 0.05) is 21.4 Å². The maximum Gasteiger partial charge on any atom is 0.210 e. The molecule has 2 N–H and O–H groups in total. The number of methoxy groups -OCH3 is 1. The highest BCUT2D eigenvalue weighted by molar-refractivity contribution is 9.10. The Hall–Kier alpha value is -1.70. The highest BCUT2D eigenvalue weighted by Gasteiger charge is 2.15. The normalized spacial score (nSPS) is 10.8. The van der Waals surface area contributed by atoms with Crippen molar-refractivity contribution in [2.75, 3.05) is 13.0 Å². The average Bonchev–Trinajstić information content (AvgIpc) is 2.94. The number of hydrogen-bond acceptors (Lipinski definition) is 5. The second kappa shape index (κ2) is 7.46. The molecule has 0 amide bonds. The molecule has 0 unspecified atom stereocenters. The summed E-state index contributed by atoms with van der Waals surface area (Å²) in [5, 5.41) is 9.52. The van der Waals surface area contributed by atoms with Crippen molar-refractivity contribution in [3.63, 3.8) is 0 Å². The van der Waals surface area contributed by atoms with Gasteiger partial charge in [0.15, 0.2) is 5.82 Å². The minimum atomic E-state index is 0.532. The number of aromatic nitrogens is 3. The molecule has 0 spiro atoms. The van der Waals surface area contributed by atoms with Gasteiger partial charge >= 0.3 is 0 Å². The van der Waals surface area contributed by atoms with Crippen LogP contribution in [0, 0.1) is 0 Å². The molecule has 0 radical (unpaired) electrons. The Morgan fingerprint density at radius 1 is 1.25 bits per heavy atom. The number of hydrogen-bond donors (Lipinski definition) is 1. The van der Waals surface area contributed by atoms with Crippen molar-refractivity contribution in [1.29, 1.82) is 0 Å². The predicted octanol–water partition coefficient (Wildman–Crippen LogP) is 4.38.